The number of nitrogens with one attached hydrogen (secondary N) is 2. The van der Waals surface area contributed by atoms with Gasteiger partial charge in [-0.05, 0) is 30.2 Å². The van der Waals surface area contributed by atoms with Crippen LogP contribution in [0.1, 0.15) is 12.5 Å². The number of hydrogen-bond donors (Lipinski definition) is 2. The molecule has 0 radical (unpaired) electrons. The summed E-state index contributed by atoms with van der Waals surface area (Å²) >= 11 is 0. The molecule has 5 nitrogen and oxygen atoms in total. The molecule has 2 N–H and O–H groups in total. The summed E-state index contributed by atoms with van der Waals surface area (Å²) in [6.07, 6.45) is 0.674. The molecule has 1 amide bonds. The molecule has 2 aromatic rings. The quantitative estimate of drug-likeness (QED) is 0.756. The normalized spacial score (nSPS) is 12.4. The number of amides is 1. The summed E-state index contributed by atoms with van der Waals surface area (Å²) in [5.41, 5.74) is 1.23. The third-order valence-electron chi connectivity index (χ3n) is 3.57. The Morgan fingerprint density at radius 1 is 1.12 bits per heavy atom. The van der Waals surface area contributed by atoms with Crippen LogP contribution in [0.5, 0.6) is 0 Å². The third-order valence-corrected chi connectivity index (χ3v) is 5.06. The molecule has 25 heavy (non-hydrogen) atoms. The van der Waals surface area contributed by atoms with Gasteiger partial charge in [-0.1, -0.05) is 43.3 Å². The largest absolute Gasteiger partial charge is 0.356 e. The van der Waals surface area contributed by atoms with Crippen molar-refractivity contribution in [3.8, 4) is 0 Å². The summed E-state index contributed by atoms with van der Waals surface area (Å²) in [7, 11) is -3.75. The van der Waals surface area contributed by atoms with Gasteiger partial charge < -0.3 is 5.32 Å². The summed E-state index contributed by atoms with van der Waals surface area (Å²) in [4.78, 5) is 12.1. The highest BCUT2D eigenvalue weighted by molar-refractivity contribution is 7.92. The molecule has 7 heteroatoms. The molecule has 134 valence electrons. The fraction of sp³-hybridized carbons (Fsp3) is 0.278. The molecule has 0 saturated carbocycles. The van der Waals surface area contributed by atoms with Crippen molar-refractivity contribution in [2.75, 3.05) is 17.0 Å². The Labute approximate surface area is 147 Å². The van der Waals surface area contributed by atoms with Crippen molar-refractivity contribution < 1.29 is 17.6 Å². The Kier molecular flexibility index (Phi) is 6.52. The number of carbonyl (C=O) groups is 1. The number of halogens is 1. The fourth-order valence-corrected chi connectivity index (χ4v) is 3.71. The van der Waals surface area contributed by atoms with Gasteiger partial charge in [0.1, 0.15) is 5.82 Å². The van der Waals surface area contributed by atoms with Gasteiger partial charge in [-0.2, -0.15) is 0 Å². The van der Waals surface area contributed by atoms with Crippen molar-refractivity contribution in [3.05, 3.63) is 66.0 Å². The van der Waals surface area contributed by atoms with Gasteiger partial charge in [-0.3, -0.25) is 9.52 Å². The topological polar surface area (TPSA) is 75.3 Å². The number of carbonyl (C=O) groups excluding carboxylic acids is 1. The van der Waals surface area contributed by atoms with E-state index in [-0.39, 0.29) is 17.3 Å². The maximum absolute atomic E-state index is 13.1. The predicted molar refractivity (Wildman–Crippen MR) is 96.1 cm³/mol. The average molecular weight is 364 g/mol. The van der Waals surface area contributed by atoms with Gasteiger partial charge in [-0.25, -0.2) is 12.8 Å². The van der Waals surface area contributed by atoms with Crippen LogP contribution >= 0.6 is 0 Å². The van der Waals surface area contributed by atoms with E-state index in [1.54, 1.807) is 6.92 Å². The molecule has 0 aliphatic carbocycles. The van der Waals surface area contributed by atoms with E-state index in [0.717, 1.165) is 11.6 Å². The van der Waals surface area contributed by atoms with E-state index in [4.69, 9.17) is 0 Å². The van der Waals surface area contributed by atoms with Gasteiger partial charge in [0.25, 0.3) is 0 Å². The molecule has 1 atom stereocenters. The van der Waals surface area contributed by atoms with Gasteiger partial charge >= 0.3 is 0 Å². The molecule has 0 saturated heterocycles. The zero-order valence-corrected chi connectivity index (χ0v) is 14.7. The van der Waals surface area contributed by atoms with E-state index < -0.39 is 21.8 Å². The van der Waals surface area contributed by atoms with Crippen LogP contribution in [-0.4, -0.2) is 26.6 Å². The van der Waals surface area contributed by atoms with Gasteiger partial charge in [0.15, 0.2) is 0 Å². The lowest BCUT2D eigenvalue weighted by Gasteiger charge is -2.14. The SMILES string of the molecule is CC(CS(=O)(=O)Nc1cccc(F)c1)C(=O)NCCc1ccccc1. The van der Waals surface area contributed by atoms with E-state index in [1.165, 1.54) is 18.2 Å². The first-order valence-electron chi connectivity index (χ1n) is 7.93. The number of anilines is 1. The molecule has 0 aromatic heterocycles. The van der Waals surface area contributed by atoms with Crippen molar-refractivity contribution in [3.63, 3.8) is 0 Å². The molecule has 1 unspecified atom stereocenters. The molecular weight excluding hydrogens is 343 g/mol. The molecule has 2 aromatic carbocycles. The lowest BCUT2D eigenvalue weighted by molar-refractivity contribution is -0.123. The number of sulfonamides is 1. The minimum Gasteiger partial charge on any atom is -0.356 e. The zero-order chi connectivity index (χ0) is 18.3. The van der Waals surface area contributed by atoms with Gasteiger partial charge in [0, 0.05) is 6.54 Å². The second kappa shape index (κ2) is 8.62. The van der Waals surface area contributed by atoms with Crippen LogP contribution in [0.2, 0.25) is 0 Å². The number of rotatable bonds is 8. The Hall–Kier alpha value is -2.41. The Balaban J connectivity index is 1.82. The first kappa shape index (κ1) is 18.9. The van der Waals surface area contributed by atoms with Crippen LogP contribution in [-0.2, 0) is 21.2 Å². The summed E-state index contributed by atoms with van der Waals surface area (Å²) < 4.78 is 39.6. The monoisotopic (exact) mass is 364 g/mol. The molecule has 0 aliphatic rings. The number of hydrogen-bond acceptors (Lipinski definition) is 3. The van der Waals surface area contributed by atoms with Gasteiger partial charge in [0.05, 0.1) is 17.4 Å². The maximum atomic E-state index is 13.1. The number of benzene rings is 2. The summed E-state index contributed by atoms with van der Waals surface area (Å²) in [6.45, 7) is 1.98. The van der Waals surface area contributed by atoms with Crippen LogP contribution in [0.25, 0.3) is 0 Å². The van der Waals surface area contributed by atoms with Crippen LogP contribution < -0.4 is 10.0 Å². The first-order valence-corrected chi connectivity index (χ1v) is 9.58. The second-order valence-electron chi connectivity index (χ2n) is 5.82. The van der Waals surface area contributed by atoms with Crippen molar-refractivity contribution in [2.45, 2.75) is 13.3 Å². The Bertz CT molecular complexity index is 810. The highest BCUT2D eigenvalue weighted by Crippen LogP contribution is 2.13. The minimum absolute atomic E-state index is 0.136. The first-order chi connectivity index (χ1) is 11.9. The highest BCUT2D eigenvalue weighted by Gasteiger charge is 2.21. The van der Waals surface area contributed by atoms with E-state index in [1.807, 2.05) is 30.3 Å². The zero-order valence-electron chi connectivity index (χ0n) is 13.9. The van der Waals surface area contributed by atoms with Gasteiger partial charge in [0.2, 0.25) is 15.9 Å². The van der Waals surface area contributed by atoms with Gasteiger partial charge in [-0.15, -0.1) is 0 Å². The summed E-state index contributed by atoms with van der Waals surface area (Å²) in [5, 5.41) is 2.74. The molecule has 0 bridgehead atoms. The van der Waals surface area contributed by atoms with Crippen molar-refractivity contribution in [1.82, 2.24) is 5.32 Å². The average Bonchev–Trinajstić information content (AvgIpc) is 2.54. The van der Waals surface area contributed by atoms with Crippen LogP contribution in [0, 0.1) is 11.7 Å². The van der Waals surface area contributed by atoms with Crippen LogP contribution in [0.15, 0.2) is 54.6 Å². The fourth-order valence-electron chi connectivity index (χ4n) is 2.33. The molecule has 2 rings (SSSR count). The van der Waals surface area contributed by atoms with Crippen LogP contribution in [0.3, 0.4) is 0 Å². The van der Waals surface area contributed by atoms with E-state index in [2.05, 4.69) is 10.0 Å². The molecular formula is C18H21FN2O3S. The van der Waals surface area contributed by atoms with Crippen LogP contribution in [0.4, 0.5) is 10.1 Å². The molecule has 0 spiro atoms. The molecule has 0 aliphatic heterocycles. The van der Waals surface area contributed by atoms with E-state index in [9.17, 15) is 17.6 Å². The smallest absolute Gasteiger partial charge is 0.233 e. The maximum Gasteiger partial charge on any atom is 0.233 e. The van der Waals surface area contributed by atoms with Crippen molar-refractivity contribution in [2.24, 2.45) is 5.92 Å². The summed E-state index contributed by atoms with van der Waals surface area (Å²) in [5.74, 6) is -1.96. The van der Waals surface area contributed by atoms with E-state index in [0.29, 0.717) is 13.0 Å². The Morgan fingerprint density at radius 3 is 2.52 bits per heavy atom. The van der Waals surface area contributed by atoms with Crippen molar-refractivity contribution in [1.29, 1.82) is 0 Å². The molecule has 0 fully saturated rings. The lowest BCUT2D eigenvalue weighted by Crippen LogP contribution is -2.35. The Morgan fingerprint density at radius 2 is 1.84 bits per heavy atom. The predicted octanol–water partition coefficient (Wildman–Crippen LogP) is 2.56. The third kappa shape index (κ3) is 6.54. The second-order valence-corrected chi connectivity index (χ2v) is 7.59. The standard InChI is InChI=1S/C18H21FN2O3S/c1-14(18(22)20-11-10-15-6-3-2-4-7-15)13-25(23,24)21-17-9-5-8-16(19)12-17/h2-9,12,14,21H,10-11,13H2,1H3,(H,20,22). The lowest BCUT2D eigenvalue weighted by atomic mass is 10.1. The minimum atomic E-state index is -3.75. The van der Waals surface area contributed by atoms with E-state index >= 15 is 0 Å². The highest BCUT2D eigenvalue weighted by atomic mass is 32.2. The molecule has 0 heterocycles. The summed E-state index contributed by atoms with van der Waals surface area (Å²) in [6, 6.07) is 14.8. The van der Waals surface area contributed by atoms with Crippen molar-refractivity contribution >= 4 is 21.6 Å².